The number of nitrogens with zero attached hydrogens (tertiary/aromatic N) is 1. The number of urea groups is 1. The van der Waals surface area contributed by atoms with Crippen LogP contribution in [0.25, 0.3) is 0 Å². The van der Waals surface area contributed by atoms with Crippen LogP contribution in [0.1, 0.15) is 40.1 Å². The van der Waals surface area contributed by atoms with Crippen molar-refractivity contribution in [1.29, 1.82) is 0 Å². The van der Waals surface area contributed by atoms with Crippen LogP contribution in [0.4, 0.5) is 4.79 Å². The summed E-state index contributed by atoms with van der Waals surface area (Å²) in [6.45, 7) is 3.89. The fraction of sp³-hybridized carbons (Fsp3) is 0.545. The van der Waals surface area contributed by atoms with E-state index in [-0.39, 0.29) is 23.0 Å². The molecule has 7 heteroatoms. The van der Waals surface area contributed by atoms with E-state index in [9.17, 15) is 9.59 Å². The Labute approximate surface area is 108 Å². The highest BCUT2D eigenvalue weighted by Crippen LogP contribution is 2.34. The maximum atomic E-state index is 11.5. The lowest BCUT2D eigenvalue weighted by molar-refractivity contribution is 0.0701. The van der Waals surface area contributed by atoms with E-state index in [1.54, 1.807) is 6.92 Å². The number of nitrogens with one attached hydrogen (secondary N) is 2. The minimum atomic E-state index is -0.980. The summed E-state index contributed by atoms with van der Waals surface area (Å²) in [6.07, 6.45) is 2.00. The molecule has 2 rings (SSSR count). The monoisotopic (exact) mass is 269 g/mol. The largest absolute Gasteiger partial charge is 0.477 e. The van der Waals surface area contributed by atoms with E-state index in [2.05, 4.69) is 15.6 Å². The molecule has 98 valence electrons. The number of carboxylic acid groups (broad SMARTS) is 1. The van der Waals surface area contributed by atoms with Crippen LogP contribution in [0, 0.1) is 6.92 Å². The van der Waals surface area contributed by atoms with Crippen LogP contribution in [0.15, 0.2) is 0 Å². The number of rotatable bonds is 4. The van der Waals surface area contributed by atoms with Gasteiger partial charge in [-0.15, -0.1) is 11.3 Å². The van der Waals surface area contributed by atoms with Crippen molar-refractivity contribution in [2.45, 2.75) is 38.8 Å². The van der Waals surface area contributed by atoms with Crippen molar-refractivity contribution in [2.75, 3.05) is 0 Å². The summed E-state index contributed by atoms with van der Waals surface area (Å²) in [5, 5.41) is 15.0. The van der Waals surface area contributed by atoms with Gasteiger partial charge in [0.2, 0.25) is 0 Å². The third kappa shape index (κ3) is 2.98. The molecule has 0 spiro atoms. The molecule has 2 amide bonds. The van der Waals surface area contributed by atoms with Crippen molar-refractivity contribution in [1.82, 2.24) is 15.6 Å². The fourth-order valence-electron chi connectivity index (χ4n) is 1.51. The normalized spacial score (nSPS) is 16.1. The molecule has 1 aliphatic carbocycles. The highest BCUT2D eigenvalue weighted by Gasteiger charge is 2.38. The molecule has 0 unspecified atom stereocenters. The maximum absolute atomic E-state index is 11.5. The van der Waals surface area contributed by atoms with Gasteiger partial charge in [-0.25, -0.2) is 14.6 Å². The first kappa shape index (κ1) is 12.8. The van der Waals surface area contributed by atoms with Crippen molar-refractivity contribution in [3.63, 3.8) is 0 Å². The molecule has 0 saturated heterocycles. The fourth-order valence-corrected chi connectivity index (χ4v) is 2.36. The summed E-state index contributed by atoms with van der Waals surface area (Å²) in [5.74, 6) is -0.980. The molecule has 0 radical (unpaired) electrons. The number of aromatic carboxylic acids is 1. The quantitative estimate of drug-likeness (QED) is 0.772. The molecule has 0 atom stereocenters. The zero-order valence-corrected chi connectivity index (χ0v) is 11.1. The lowest BCUT2D eigenvalue weighted by Gasteiger charge is -2.11. The van der Waals surface area contributed by atoms with Crippen molar-refractivity contribution in [2.24, 2.45) is 0 Å². The Morgan fingerprint density at radius 3 is 2.67 bits per heavy atom. The highest BCUT2D eigenvalue weighted by atomic mass is 32.1. The van der Waals surface area contributed by atoms with Crippen molar-refractivity contribution in [3.05, 3.63) is 15.6 Å². The van der Waals surface area contributed by atoms with E-state index < -0.39 is 5.97 Å². The predicted molar refractivity (Wildman–Crippen MR) is 66.8 cm³/mol. The molecule has 6 nitrogen and oxygen atoms in total. The standard InChI is InChI=1S/C11H15N3O3S/c1-6-8(9(15)16)18-7(13-6)5-12-10(17)14-11(2)3-4-11/h3-5H2,1-2H3,(H,15,16)(H2,12,14,17). The van der Waals surface area contributed by atoms with E-state index in [0.717, 1.165) is 24.2 Å². The number of aryl methyl sites for hydroxylation is 1. The average molecular weight is 269 g/mol. The first-order valence-electron chi connectivity index (χ1n) is 5.65. The summed E-state index contributed by atoms with van der Waals surface area (Å²) < 4.78 is 0. The highest BCUT2D eigenvalue weighted by molar-refractivity contribution is 7.13. The topological polar surface area (TPSA) is 91.3 Å². The summed E-state index contributed by atoms with van der Waals surface area (Å²) in [4.78, 5) is 26.7. The Kier molecular flexibility index (Phi) is 3.25. The van der Waals surface area contributed by atoms with Crippen LogP contribution >= 0.6 is 11.3 Å². The maximum Gasteiger partial charge on any atom is 0.347 e. The molecule has 1 heterocycles. The van der Waals surface area contributed by atoms with Crippen LogP contribution in [-0.4, -0.2) is 27.6 Å². The second-order valence-electron chi connectivity index (χ2n) is 4.70. The van der Waals surface area contributed by atoms with Gasteiger partial charge in [-0.1, -0.05) is 0 Å². The van der Waals surface area contributed by atoms with Gasteiger partial charge in [-0.05, 0) is 26.7 Å². The van der Waals surface area contributed by atoms with E-state index in [0.29, 0.717) is 10.7 Å². The van der Waals surface area contributed by atoms with Gasteiger partial charge in [0.1, 0.15) is 9.88 Å². The smallest absolute Gasteiger partial charge is 0.347 e. The third-order valence-electron chi connectivity index (χ3n) is 2.85. The Morgan fingerprint density at radius 2 is 2.17 bits per heavy atom. The first-order valence-corrected chi connectivity index (χ1v) is 6.47. The molecule has 18 heavy (non-hydrogen) atoms. The van der Waals surface area contributed by atoms with Crippen LogP contribution in [0.2, 0.25) is 0 Å². The van der Waals surface area contributed by atoms with E-state index in [1.807, 2.05) is 6.92 Å². The van der Waals surface area contributed by atoms with Crippen molar-refractivity contribution < 1.29 is 14.7 Å². The Bertz CT molecular complexity index is 494. The summed E-state index contributed by atoms with van der Waals surface area (Å²) >= 11 is 1.09. The van der Waals surface area contributed by atoms with E-state index in [4.69, 9.17) is 5.11 Å². The van der Waals surface area contributed by atoms with Gasteiger partial charge in [0.15, 0.2) is 0 Å². The van der Waals surface area contributed by atoms with Gasteiger partial charge in [0.05, 0.1) is 12.2 Å². The second kappa shape index (κ2) is 4.56. The van der Waals surface area contributed by atoms with Crippen molar-refractivity contribution in [3.8, 4) is 0 Å². The number of carbonyl (C=O) groups excluding carboxylic acids is 1. The molecule has 1 saturated carbocycles. The van der Waals surface area contributed by atoms with Crippen LogP contribution < -0.4 is 10.6 Å². The van der Waals surface area contributed by atoms with Crippen LogP contribution in [0.5, 0.6) is 0 Å². The molecule has 0 aliphatic heterocycles. The number of thiazole rings is 1. The van der Waals surface area contributed by atoms with Gasteiger partial charge >= 0.3 is 12.0 Å². The second-order valence-corrected chi connectivity index (χ2v) is 5.78. The van der Waals surface area contributed by atoms with Gasteiger partial charge < -0.3 is 15.7 Å². The number of hydrogen-bond acceptors (Lipinski definition) is 4. The zero-order chi connectivity index (χ0) is 13.3. The molecule has 1 aromatic heterocycles. The summed E-state index contributed by atoms with van der Waals surface area (Å²) in [6, 6.07) is -0.236. The first-order chi connectivity index (χ1) is 8.39. The molecule has 3 N–H and O–H groups in total. The average Bonchev–Trinajstić information content (AvgIpc) is 2.86. The number of amides is 2. The van der Waals surface area contributed by atoms with Crippen LogP contribution in [-0.2, 0) is 6.54 Å². The van der Waals surface area contributed by atoms with Gasteiger partial charge in [-0.2, -0.15) is 0 Å². The lowest BCUT2D eigenvalue weighted by Crippen LogP contribution is -2.41. The zero-order valence-electron chi connectivity index (χ0n) is 10.2. The number of hydrogen-bond donors (Lipinski definition) is 3. The molecule has 0 aromatic carbocycles. The molecule has 1 fully saturated rings. The summed E-state index contributed by atoms with van der Waals surface area (Å²) in [5.41, 5.74) is 0.425. The minimum Gasteiger partial charge on any atom is -0.477 e. The lowest BCUT2D eigenvalue weighted by atomic mass is 10.3. The molecular weight excluding hydrogens is 254 g/mol. The molecule has 1 aromatic rings. The molecular formula is C11H15N3O3S. The Morgan fingerprint density at radius 1 is 1.50 bits per heavy atom. The van der Waals surface area contributed by atoms with Crippen LogP contribution in [0.3, 0.4) is 0 Å². The van der Waals surface area contributed by atoms with E-state index >= 15 is 0 Å². The van der Waals surface area contributed by atoms with Crippen molar-refractivity contribution >= 4 is 23.3 Å². The van der Waals surface area contributed by atoms with Gasteiger partial charge in [-0.3, -0.25) is 0 Å². The molecule has 1 aliphatic rings. The number of aromatic nitrogens is 1. The number of carboxylic acids is 1. The van der Waals surface area contributed by atoms with E-state index in [1.165, 1.54) is 0 Å². The third-order valence-corrected chi connectivity index (χ3v) is 4.00. The predicted octanol–water partition coefficient (Wildman–Crippen LogP) is 1.50. The SMILES string of the molecule is Cc1nc(CNC(=O)NC2(C)CC2)sc1C(=O)O. The van der Waals surface area contributed by atoms with Gasteiger partial charge in [0.25, 0.3) is 0 Å². The summed E-state index contributed by atoms with van der Waals surface area (Å²) in [7, 11) is 0. The number of carbonyl (C=O) groups is 2. The van der Waals surface area contributed by atoms with Gasteiger partial charge in [0, 0.05) is 5.54 Å². The molecule has 0 bridgehead atoms. The Balaban J connectivity index is 1.88. The minimum absolute atomic E-state index is 0.0604. The Hall–Kier alpha value is -1.63.